The van der Waals surface area contributed by atoms with Gasteiger partial charge in [-0.3, -0.25) is 4.79 Å². The second kappa shape index (κ2) is 12.7. The molecule has 178 valence electrons. The number of unbranched alkanes of at least 4 members (excludes halogenated alkanes) is 7. The molecule has 9 heteroatoms. The normalized spacial score (nSPS) is 16.8. The molecule has 0 aromatic carbocycles. The van der Waals surface area contributed by atoms with Crippen molar-refractivity contribution in [1.29, 1.82) is 0 Å². The Morgan fingerprint density at radius 3 is 1.73 bits per heavy atom. The Morgan fingerprint density at radius 2 is 1.27 bits per heavy atom. The molecule has 1 aliphatic rings. The Kier molecular flexibility index (Phi) is 11.8. The number of sulfonamides is 1. The first kappa shape index (κ1) is 27.8. The molecule has 0 bridgehead atoms. The van der Waals surface area contributed by atoms with Crippen molar-refractivity contribution in [2.75, 3.05) is 32.4 Å². The second-order valence-electron chi connectivity index (χ2n) is 10.3. The van der Waals surface area contributed by atoms with E-state index in [2.05, 4.69) is 32.7 Å². The van der Waals surface area contributed by atoms with E-state index in [4.69, 9.17) is 4.12 Å². The molecule has 30 heavy (non-hydrogen) atoms. The average Bonchev–Trinajstić information content (AvgIpc) is 2.60. The van der Waals surface area contributed by atoms with E-state index < -0.39 is 26.7 Å². The van der Waals surface area contributed by atoms with Gasteiger partial charge in [0.2, 0.25) is 15.9 Å². The Bertz CT molecular complexity index is 613. The van der Waals surface area contributed by atoms with Crippen LogP contribution >= 0.6 is 0 Å². The summed E-state index contributed by atoms with van der Waals surface area (Å²) in [7, 11) is -6.01. The topological polar surface area (TPSA) is 66.9 Å². The van der Waals surface area contributed by atoms with Crippen LogP contribution in [0.5, 0.6) is 0 Å². The molecule has 1 aliphatic heterocycles. The zero-order valence-corrected chi connectivity index (χ0v) is 23.2. The van der Waals surface area contributed by atoms with Gasteiger partial charge in [-0.25, -0.2) is 8.42 Å². The molecule has 0 N–H and O–H groups in total. The lowest BCUT2D eigenvalue weighted by Gasteiger charge is -2.33. The number of rotatable bonds is 14. The first-order valence-electron chi connectivity index (χ1n) is 11.7. The summed E-state index contributed by atoms with van der Waals surface area (Å²) in [6.07, 6.45) is 11.5. The minimum Gasteiger partial charge on any atom is -0.456 e. The van der Waals surface area contributed by atoms with E-state index in [9.17, 15) is 13.2 Å². The predicted molar refractivity (Wildman–Crippen MR) is 131 cm³/mol. The van der Waals surface area contributed by atoms with Gasteiger partial charge >= 0.3 is 0 Å². The molecule has 1 heterocycles. The lowest BCUT2D eigenvalue weighted by Crippen LogP contribution is -2.50. The summed E-state index contributed by atoms with van der Waals surface area (Å²) in [4.78, 5) is 14.1. The van der Waals surface area contributed by atoms with E-state index in [1.54, 1.807) is 0 Å². The number of nitrogens with zero attached hydrogens (tertiary/aromatic N) is 2. The van der Waals surface area contributed by atoms with Crippen molar-refractivity contribution < 1.29 is 17.3 Å². The zero-order chi connectivity index (χ0) is 22.8. The predicted octanol–water partition coefficient (Wildman–Crippen LogP) is 4.66. The minimum atomic E-state index is -3.13. The number of hydrogen-bond acceptors (Lipinski definition) is 4. The summed E-state index contributed by atoms with van der Waals surface area (Å²) >= 11 is 0. The lowest BCUT2D eigenvalue weighted by molar-refractivity contribution is -0.132. The Morgan fingerprint density at radius 1 is 0.800 bits per heavy atom. The fraction of sp³-hybridized carbons (Fsp3) is 0.952. The summed E-state index contributed by atoms with van der Waals surface area (Å²) < 4.78 is 30.9. The van der Waals surface area contributed by atoms with Crippen LogP contribution in [0, 0.1) is 0 Å². The third kappa shape index (κ3) is 12.6. The van der Waals surface area contributed by atoms with Gasteiger partial charge in [-0.1, -0.05) is 44.9 Å². The highest BCUT2D eigenvalue weighted by molar-refractivity contribution is 7.88. The molecule has 0 aromatic rings. The van der Waals surface area contributed by atoms with Crippen molar-refractivity contribution in [2.45, 2.75) is 96.6 Å². The van der Waals surface area contributed by atoms with Gasteiger partial charge in [0.1, 0.15) is 0 Å². The van der Waals surface area contributed by atoms with Crippen LogP contribution in [0.2, 0.25) is 38.8 Å². The van der Waals surface area contributed by atoms with Gasteiger partial charge in [0.15, 0.2) is 16.6 Å². The van der Waals surface area contributed by atoms with Crippen LogP contribution in [0.3, 0.4) is 0 Å². The third-order valence-electron chi connectivity index (χ3n) is 5.56. The molecule has 1 fully saturated rings. The van der Waals surface area contributed by atoms with Crippen molar-refractivity contribution in [2.24, 2.45) is 0 Å². The Balaban J connectivity index is 1.99. The second-order valence-corrected chi connectivity index (χ2v) is 21.4. The van der Waals surface area contributed by atoms with Gasteiger partial charge in [-0.15, -0.1) is 0 Å². The van der Waals surface area contributed by atoms with Gasteiger partial charge in [0.25, 0.3) is 0 Å². The monoisotopic (exact) mass is 478 g/mol. The van der Waals surface area contributed by atoms with Crippen LogP contribution in [0.1, 0.15) is 57.8 Å². The molecule has 0 spiro atoms. The molecule has 6 nitrogen and oxygen atoms in total. The van der Waals surface area contributed by atoms with E-state index in [1.807, 2.05) is 4.90 Å². The molecule has 1 rings (SSSR count). The first-order chi connectivity index (χ1) is 13.8. The maximum absolute atomic E-state index is 12.3. The maximum atomic E-state index is 12.3. The number of piperazine rings is 1. The summed E-state index contributed by atoms with van der Waals surface area (Å²) in [6, 6.07) is 1.28. The van der Waals surface area contributed by atoms with Crippen LogP contribution in [0.15, 0.2) is 0 Å². The highest BCUT2D eigenvalue weighted by Crippen LogP contribution is 2.22. The van der Waals surface area contributed by atoms with Crippen molar-refractivity contribution in [3.05, 3.63) is 0 Å². The van der Waals surface area contributed by atoms with Crippen LogP contribution in [-0.2, 0) is 18.9 Å². The number of carbonyl (C=O) groups excluding carboxylic acids is 1. The van der Waals surface area contributed by atoms with Crippen molar-refractivity contribution in [1.82, 2.24) is 9.21 Å². The molecule has 0 radical (unpaired) electrons. The van der Waals surface area contributed by atoms with Gasteiger partial charge in [-0.2, -0.15) is 4.31 Å². The average molecular weight is 479 g/mol. The molecular weight excluding hydrogens is 432 g/mol. The highest BCUT2D eigenvalue weighted by atomic mass is 32.2. The molecular formula is C21H46N2O4SSi2. The minimum absolute atomic E-state index is 0.176. The zero-order valence-electron chi connectivity index (χ0n) is 20.3. The van der Waals surface area contributed by atoms with E-state index in [0.29, 0.717) is 32.6 Å². The van der Waals surface area contributed by atoms with Gasteiger partial charge in [0, 0.05) is 32.6 Å². The first-order valence-corrected chi connectivity index (χ1v) is 20.1. The van der Waals surface area contributed by atoms with E-state index in [1.165, 1.54) is 55.1 Å². The Hall–Kier alpha value is -0.226. The van der Waals surface area contributed by atoms with Crippen LogP contribution < -0.4 is 0 Å². The molecule has 0 aliphatic carbocycles. The number of carbonyl (C=O) groups is 1. The Labute approximate surface area is 188 Å². The smallest absolute Gasteiger partial charge is 0.222 e. The molecule has 0 atom stereocenters. The molecule has 1 saturated heterocycles. The molecule has 1 amide bonds. The van der Waals surface area contributed by atoms with Crippen molar-refractivity contribution in [3.8, 4) is 0 Å². The third-order valence-corrected chi connectivity index (χ3v) is 13.1. The van der Waals surface area contributed by atoms with E-state index >= 15 is 0 Å². The number of amides is 1. The van der Waals surface area contributed by atoms with Crippen molar-refractivity contribution >= 4 is 32.6 Å². The molecule has 0 saturated carbocycles. The largest absolute Gasteiger partial charge is 0.456 e. The van der Waals surface area contributed by atoms with Crippen LogP contribution in [-0.4, -0.2) is 72.6 Å². The number of hydrogen-bond donors (Lipinski definition) is 0. The fourth-order valence-electron chi connectivity index (χ4n) is 4.19. The van der Waals surface area contributed by atoms with Gasteiger partial charge < -0.3 is 9.02 Å². The van der Waals surface area contributed by atoms with Gasteiger partial charge in [-0.05, 0) is 45.2 Å². The molecule has 0 unspecified atom stereocenters. The maximum Gasteiger partial charge on any atom is 0.222 e. The quantitative estimate of drug-likeness (QED) is 0.269. The summed E-state index contributed by atoms with van der Waals surface area (Å²) in [5, 5.41) is 0. The fourth-order valence-corrected chi connectivity index (χ4v) is 13.2. The van der Waals surface area contributed by atoms with E-state index in [0.717, 1.165) is 12.8 Å². The SMILES string of the molecule is C[Si](C)(C)O[Si](C)(C)CCCCCCCCCCC(=O)N1CCN(S(C)(=O)=O)CC1. The standard InChI is InChI=1S/C21H46N2O4SSi2/c1-28(25,26)23-18-16-22(17-19-23)21(24)15-13-11-9-7-8-10-12-14-20-30(5,6)27-29(2,3)4/h7-20H2,1-6H3. The van der Waals surface area contributed by atoms with E-state index in [-0.39, 0.29) is 5.91 Å². The van der Waals surface area contributed by atoms with Crippen molar-refractivity contribution in [3.63, 3.8) is 0 Å². The summed E-state index contributed by atoms with van der Waals surface area (Å²) in [6.45, 7) is 13.5. The summed E-state index contributed by atoms with van der Waals surface area (Å²) in [5.74, 6) is 0.176. The van der Waals surface area contributed by atoms with Crippen LogP contribution in [0.4, 0.5) is 0 Å². The van der Waals surface area contributed by atoms with Gasteiger partial charge in [0.05, 0.1) is 6.26 Å². The lowest BCUT2D eigenvalue weighted by atomic mass is 10.1. The summed E-state index contributed by atoms with van der Waals surface area (Å²) in [5.41, 5.74) is 0. The highest BCUT2D eigenvalue weighted by Gasteiger charge is 2.29. The van der Waals surface area contributed by atoms with Crippen LogP contribution in [0.25, 0.3) is 0 Å². The molecule has 0 aromatic heterocycles.